The van der Waals surface area contributed by atoms with Crippen molar-refractivity contribution in [2.75, 3.05) is 11.9 Å². The van der Waals surface area contributed by atoms with Gasteiger partial charge in [0.15, 0.2) is 16.5 Å². The quantitative estimate of drug-likeness (QED) is 0.905. The summed E-state index contributed by atoms with van der Waals surface area (Å²) >= 11 is 1.45. The standard InChI is InChI=1S/C12H17N3O2S/c1-4-8(5-2)14(3)10-9(11(16)17)15-6-7-18-12(15)13-10/h6-8H,4-5H2,1-3H3,(H,16,17). The van der Waals surface area contributed by atoms with Crippen LogP contribution in [-0.2, 0) is 0 Å². The van der Waals surface area contributed by atoms with E-state index in [9.17, 15) is 9.90 Å². The highest BCUT2D eigenvalue weighted by atomic mass is 32.1. The summed E-state index contributed by atoms with van der Waals surface area (Å²) in [6.45, 7) is 4.20. The van der Waals surface area contributed by atoms with Gasteiger partial charge in [-0.1, -0.05) is 13.8 Å². The van der Waals surface area contributed by atoms with E-state index in [1.807, 2.05) is 17.3 Å². The lowest BCUT2D eigenvalue weighted by molar-refractivity contribution is 0.0690. The number of fused-ring (bicyclic) bond motifs is 1. The molecule has 0 fully saturated rings. The van der Waals surface area contributed by atoms with E-state index in [1.165, 1.54) is 11.3 Å². The molecule has 0 aliphatic rings. The molecule has 0 aliphatic heterocycles. The van der Waals surface area contributed by atoms with E-state index in [1.54, 1.807) is 10.6 Å². The zero-order valence-corrected chi connectivity index (χ0v) is 11.6. The molecule has 0 saturated carbocycles. The number of aromatic nitrogens is 2. The number of imidazole rings is 1. The molecule has 0 unspecified atom stereocenters. The van der Waals surface area contributed by atoms with Crippen LogP contribution in [-0.4, -0.2) is 33.6 Å². The third-order valence-electron chi connectivity index (χ3n) is 3.27. The minimum Gasteiger partial charge on any atom is -0.476 e. The first kappa shape index (κ1) is 12.9. The number of thiazole rings is 1. The Morgan fingerprint density at radius 3 is 2.78 bits per heavy atom. The summed E-state index contributed by atoms with van der Waals surface area (Å²) in [6, 6.07) is 0.313. The monoisotopic (exact) mass is 267 g/mol. The van der Waals surface area contributed by atoms with Gasteiger partial charge < -0.3 is 10.0 Å². The van der Waals surface area contributed by atoms with Crippen LogP contribution in [0.5, 0.6) is 0 Å². The summed E-state index contributed by atoms with van der Waals surface area (Å²) in [4.78, 5) is 18.6. The van der Waals surface area contributed by atoms with Crippen molar-refractivity contribution in [3.8, 4) is 0 Å². The predicted octanol–water partition coefficient (Wildman–Crippen LogP) is 2.72. The van der Waals surface area contributed by atoms with Gasteiger partial charge in [-0.15, -0.1) is 11.3 Å². The Hall–Kier alpha value is -1.56. The summed E-state index contributed by atoms with van der Waals surface area (Å²) in [5.41, 5.74) is 0.251. The summed E-state index contributed by atoms with van der Waals surface area (Å²) in [5.74, 6) is -0.378. The predicted molar refractivity (Wildman–Crippen MR) is 72.8 cm³/mol. The van der Waals surface area contributed by atoms with Gasteiger partial charge in [-0.3, -0.25) is 4.40 Å². The Kier molecular flexibility index (Phi) is 3.56. The molecular formula is C12H17N3O2S. The highest BCUT2D eigenvalue weighted by Gasteiger charge is 2.24. The van der Waals surface area contributed by atoms with Crippen LogP contribution < -0.4 is 4.90 Å². The molecule has 0 saturated heterocycles. The summed E-state index contributed by atoms with van der Waals surface area (Å²) in [5, 5.41) is 11.2. The molecule has 0 aromatic carbocycles. The molecule has 1 N–H and O–H groups in total. The van der Waals surface area contributed by atoms with Crippen molar-refractivity contribution in [1.29, 1.82) is 0 Å². The first-order valence-corrected chi connectivity index (χ1v) is 6.89. The average molecular weight is 267 g/mol. The van der Waals surface area contributed by atoms with Crippen molar-refractivity contribution < 1.29 is 9.90 Å². The van der Waals surface area contributed by atoms with Crippen LogP contribution in [0.1, 0.15) is 37.2 Å². The lowest BCUT2D eigenvalue weighted by Gasteiger charge is -2.26. The molecule has 2 heterocycles. The molecule has 98 valence electrons. The maximum absolute atomic E-state index is 11.4. The van der Waals surface area contributed by atoms with Gasteiger partial charge in [-0.05, 0) is 12.8 Å². The Morgan fingerprint density at radius 2 is 2.22 bits per heavy atom. The summed E-state index contributed by atoms with van der Waals surface area (Å²) in [6.07, 6.45) is 3.69. The van der Waals surface area contributed by atoms with Crippen molar-refractivity contribution in [2.24, 2.45) is 0 Å². The van der Waals surface area contributed by atoms with Crippen LogP contribution in [0, 0.1) is 0 Å². The summed E-state index contributed by atoms with van der Waals surface area (Å²) in [7, 11) is 1.91. The molecule has 0 atom stereocenters. The smallest absolute Gasteiger partial charge is 0.356 e. The van der Waals surface area contributed by atoms with Gasteiger partial charge in [0.1, 0.15) is 0 Å². The Morgan fingerprint density at radius 1 is 1.56 bits per heavy atom. The van der Waals surface area contributed by atoms with Gasteiger partial charge in [-0.2, -0.15) is 0 Å². The number of nitrogens with zero attached hydrogens (tertiary/aromatic N) is 3. The fraction of sp³-hybridized carbons (Fsp3) is 0.500. The van der Waals surface area contributed by atoms with Gasteiger partial charge >= 0.3 is 5.97 Å². The molecule has 6 heteroatoms. The van der Waals surface area contributed by atoms with Gasteiger partial charge in [0.2, 0.25) is 0 Å². The lowest BCUT2D eigenvalue weighted by atomic mass is 10.1. The molecule has 0 aliphatic carbocycles. The zero-order valence-electron chi connectivity index (χ0n) is 10.8. The molecule has 0 amide bonds. The zero-order chi connectivity index (χ0) is 13.3. The molecule has 0 bridgehead atoms. The highest BCUT2D eigenvalue weighted by Crippen LogP contribution is 2.26. The molecule has 2 aromatic rings. The van der Waals surface area contributed by atoms with Crippen molar-refractivity contribution in [1.82, 2.24) is 9.38 Å². The average Bonchev–Trinajstić information content (AvgIpc) is 2.88. The van der Waals surface area contributed by atoms with Crippen LogP contribution in [0.2, 0.25) is 0 Å². The number of hydrogen-bond donors (Lipinski definition) is 1. The molecular weight excluding hydrogens is 250 g/mol. The van der Waals surface area contributed by atoms with E-state index in [0.717, 1.165) is 17.8 Å². The number of anilines is 1. The van der Waals surface area contributed by atoms with E-state index >= 15 is 0 Å². The molecule has 0 radical (unpaired) electrons. The van der Waals surface area contributed by atoms with Gasteiger partial charge in [0, 0.05) is 24.7 Å². The molecule has 0 spiro atoms. The van der Waals surface area contributed by atoms with Gasteiger partial charge in [0.05, 0.1) is 0 Å². The maximum atomic E-state index is 11.4. The second-order valence-corrected chi connectivity index (χ2v) is 5.10. The SMILES string of the molecule is CCC(CC)N(C)c1nc2sccn2c1C(=O)O. The first-order valence-electron chi connectivity index (χ1n) is 6.01. The third kappa shape index (κ3) is 1.96. The number of aromatic carboxylic acids is 1. The largest absolute Gasteiger partial charge is 0.476 e. The highest BCUT2D eigenvalue weighted by molar-refractivity contribution is 7.15. The maximum Gasteiger partial charge on any atom is 0.356 e. The minimum atomic E-state index is -0.936. The summed E-state index contributed by atoms with van der Waals surface area (Å²) < 4.78 is 1.64. The van der Waals surface area contributed by atoms with Crippen molar-refractivity contribution in [3.05, 3.63) is 17.3 Å². The van der Waals surface area contributed by atoms with Crippen molar-refractivity contribution in [3.63, 3.8) is 0 Å². The molecule has 5 nitrogen and oxygen atoms in total. The number of hydrogen-bond acceptors (Lipinski definition) is 4. The van der Waals surface area contributed by atoms with E-state index in [4.69, 9.17) is 0 Å². The Labute approximate surface area is 110 Å². The van der Waals surface area contributed by atoms with Crippen LogP contribution in [0.4, 0.5) is 5.82 Å². The normalized spacial score (nSPS) is 11.3. The van der Waals surface area contributed by atoms with E-state index in [2.05, 4.69) is 18.8 Å². The first-order chi connectivity index (χ1) is 8.60. The van der Waals surface area contributed by atoms with Crippen molar-refractivity contribution >= 4 is 28.1 Å². The van der Waals surface area contributed by atoms with Crippen LogP contribution in [0.25, 0.3) is 4.96 Å². The van der Waals surface area contributed by atoms with E-state index in [0.29, 0.717) is 11.9 Å². The van der Waals surface area contributed by atoms with E-state index in [-0.39, 0.29) is 5.69 Å². The number of carboxylic acids is 1. The second kappa shape index (κ2) is 4.97. The van der Waals surface area contributed by atoms with Gasteiger partial charge in [0.25, 0.3) is 0 Å². The third-order valence-corrected chi connectivity index (χ3v) is 4.03. The topological polar surface area (TPSA) is 57.8 Å². The van der Waals surface area contributed by atoms with Crippen LogP contribution in [0.3, 0.4) is 0 Å². The fourth-order valence-electron chi connectivity index (χ4n) is 2.23. The van der Waals surface area contributed by atoms with Crippen molar-refractivity contribution in [2.45, 2.75) is 32.7 Å². The fourth-order valence-corrected chi connectivity index (χ4v) is 2.94. The minimum absolute atomic E-state index is 0.251. The lowest BCUT2D eigenvalue weighted by Crippen LogP contribution is -2.32. The Balaban J connectivity index is 2.52. The van der Waals surface area contributed by atoms with Crippen LogP contribution >= 0.6 is 11.3 Å². The second-order valence-electron chi connectivity index (χ2n) is 4.23. The number of carbonyl (C=O) groups is 1. The molecule has 18 heavy (non-hydrogen) atoms. The number of rotatable bonds is 5. The Bertz CT molecular complexity index is 557. The van der Waals surface area contributed by atoms with E-state index < -0.39 is 5.97 Å². The van der Waals surface area contributed by atoms with Gasteiger partial charge in [-0.25, -0.2) is 9.78 Å². The number of carboxylic acid groups (broad SMARTS) is 1. The molecule has 2 aromatic heterocycles. The molecule has 2 rings (SSSR count). The van der Waals surface area contributed by atoms with Crippen LogP contribution in [0.15, 0.2) is 11.6 Å².